The summed E-state index contributed by atoms with van der Waals surface area (Å²) in [6.07, 6.45) is 0. The number of nitrogens with one attached hydrogen (secondary N) is 1. The number of nitrogens with zero attached hydrogens (tertiary/aromatic N) is 2. The van der Waals surface area contributed by atoms with Crippen molar-refractivity contribution >= 4 is 23.2 Å². The molecule has 0 unspecified atom stereocenters. The molecular weight excluding hydrogens is 250 g/mol. The van der Waals surface area contributed by atoms with Gasteiger partial charge < -0.3 is 15.1 Å². The highest BCUT2D eigenvalue weighted by atomic mass is 35.5. The Hall–Kier alpha value is -1.10. The van der Waals surface area contributed by atoms with Crippen molar-refractivity contribution < 1.29 is 4.79 Å². The number of hydrogen-bond acceptors (Lipinski definition) is 3. The van der Waals surface area contributed by atoms with Gasteiger partial charge in [-0.1, -0.05) is 17.7 Å². The summed E-state index contributed by atoms with van der Waals surface area (Å²) >= 11 is 6.04. The van der Waals surface area contributed by atoms with Crippen LogP contribution in [0.3, 0.4) is 0 Å². The lowest BCUT2D eigenvalue weighted by Crippen LogP contribution is -2.39. The van der Waals surface area contributed by atoms with E-state index in [1.54, 1.807) is 0 Å². The average molecular weight is 268 g/mol. The molecule has 0 radical (unpaired) electrons. The minimum absolute atomic E-state index is 0.0952. The van der Waals surface area contributed by atoms with Gasteiger partial charge in [-0.25, -0.2) is 0 Å². The van der Waals surface area contributed by atoms with Gasteiger partial charge in [-0.15, -0.1) is 0 Å². The van der Waals surface area contributed by atoms with Crippen molar-refractivity contribution in [3.05, 3.63) is 28.8 Å². The van der Waals surface area contributed by atoms with Crippen LogP contribution in [0.1, 0.15) is 5.56 Å². The van der Waals surface area contributed by atoms with Crippen LogP contribution in [-0.4, -0.2) is 44.5 Å². The molecular formula is C13H18ClN3O. The first-order valence-corrected chi connectivity index (χ1v) is 6.40. The summed E-state index contributed by atoms with van der Waals surface area (Å²) < 4.78 is 0. The summed E-state index contributed by atoms with van der Waals surface area (Å²) in [4.78, 5) is 16.0. The Morgan fingerprint density at radius 1 is 1.39 bits per heavy atom. The highest BCUT2D eigenvalue weighted by Gasteiger charge is 2.21. The Bertz CT molecular complexity index is 448. The van der Waals surface area contributed by atoms with Gasteiger partial charge >= 0.3 is 0 Å². The molecule has 1 amide bonds. The summed E-state index contributed by atoms with van der Waals surface area (Å²) in [5.74, 6) is 0.0952. The second kappa shape index (κ2) is 5.69. The highest BCUT2D eigenvalue weighted by Crippen LogP contribution is 2.26. The molecule has 0 saturated heterocycles. The molecule has 0 aromatic heterocycles. The molecule has 0 aliphatic carbocycles. The Morgan fingerprint density at radius 3 is 2.89 bits per heavy atom. The van der Waals surface area contributed by atoms with Crippen LogP contribution in [0.15, 0.2) is 18.2 Å². The van der Waals surface area contributed by atoms with E-state index in [1.807, 2.05) is 37.2 Å². The molecule has 2 rings (SSSR count). The Labute approximate surface area is 113 Å². The van der Waals surface area contributed by atoms with Gasteiger partial charge in [0.1, 0.15) is 0 Å². The lowest BCUT2D eigenvalue weighted by atomic mass is 10.1. The molecule has 1 aliphatic heterocycles. The van der Waals surface area contributed by atoms with Gasteiger partial charge in [0.05, 0.1) is 6.54 Å². The van der Waals surface area contributed by atoms with E-state index in [-0.39, 0.29) is 5.91 Å². The van der Waals surface area contributed by atoms with Crippen LogP contribution in [0.2, 0.25) is 5.02 Å². The number of amides is 1. The maximum atomic E-state index is 12.1. The van der Waals surface area contributed by atoms with Crippen LogP contribution < -0.4 is 10.2 Å². The van der Waals surface area contributed by atoms with E-state index in [0.717, 1.165) is 17.8 Å². The molecule has 5 heteroatoms. The minimum atomic E-state index is 0.0952. The summed E-state index contributed by atoms with van der Waals surface area (Å²) in [7, 11) is 4.00. The third-order valence-electron chi connectivity index (χ3n) is 3.00. The van der Waals surface area contributed by atoms with Crippen molar-refractivity contribution in [2.24, 2.45) is 0 Å². The lowest BCUT2D eigenvalue weighted by molar-refractivity contribution is -0.117. The highest BCUT2D eigenvalue weighted by molar-refractivity contribution is 6.31. The van der Waals surface area contributed by atoms with Crippen molar-refractivity contribution in [1.82, 2.24) is 10.2 Å². The molecule has 0 saturated carbocycles. The number of halogens is 1. The first-order valence-electron chi connectivity index (χ1n) is 6.02. The fourth-order valence-corrected chi connectivity index (χ4v) is 2.18. The minimum Gasteiger partial charge on any atom is -0.310 e. The fraction of sp³-hybridized carbons (Fsp3) is 0.462. The molecule has 1 aromatic rings. The molecule has 0 atom stereocenters. The number of carbonyl (C=O) groups is 1. The molecule has 1 aliphatic rings. The van der Waals surface area contributed by atoms with Crippen LogP contribution in [0, 0.1) is 0 Å². The lowest BCUT2D eigenvalue weighted by Gasteiger charge is -2.24. The van der Waals surface area contributed by atoms with Gasteiger partial charge in [0, 0.05) is 30.3 Å². The Morgan fingerprint density at radius 2 is 2.17 bits per heavy atom. The van der Waals surface area contributed by atoms with E-state index < -0.39 is 0 Å². The number of rotatable bonds is 3. The number of anilines is 1. The van der Waals surface area contributed by atoms with Crippen molar-refractivity contribution in [3.63, 3.8) is 0 Å². The SMILES string of the molecule is CN(C)CCN1C(=O)CNCc2ccc(Cl)cc21. The third-order valence-corrected chi connectivity index (χ3v) is 3.24. The number of fused-ring (bicyclic) bond motifs is 1. The molecule has 4 nitrogen and oxygen atoms in total. The predicted octanol–water partition coefficient (Wildman–Crippen LogP) is 1.34. The van der Waals surface area contributed by atoms with E-state index >= 15 is 0 Å². The zero-order valence-corrected chi connectivity index (χ0v) is 11.5. The quantitative estimate of drug-likeness (QED) is 0.898. The number of carbonyl (C=O) groups excluding carboxylic acids is 1. The molecule has 1 aromatic carbocycles. The molecule has 1 heterocycles. The smallest absolute Gasteiger partial charge is 0.240 e. The van der Waals surface area contributed by atoms with Crippen molar-refractivity contribution in [2.45, 2.75) is 6.54 Å². The largest absolute Gasteiger partial charge is 0.310 e. The number of likely N-dealkylation sites (N-methyl/N-ethyl adjacent to an activating group) is 1. The fourth-order valence-electron chi connectivity index (χ4n) is 2.02. The van der Waals surface area contributed by atoms with Crippen molar-refractivity contribution in [2.75, 3.05) is 38.6 Å². The van der Waals surface area contributed by atoms with E-state index in [1.165, 1.54) is 0 Å². The zero-order chi connectivity index (χ0) is 13.1. The van der Waals surface area contributed by atoms with Gasteiger partial charge in [0.25, 0.3) is 0 Å². The van der Waals surface area contributed by atoms with E-state index in [4.69, 9.17) is 11.6 Å². The molecule has 0 bridgehead atoms. The van der Waals surface area contributed by atoms with Gasteiger partial charge in [0.15, 0.2) is 0 Å². The topological polar surface area (TPSA) is 35.6 Å². The van der Waals surface area contributed by atoms with Gasteiger partial charge in [0.2, 0.25) is 5.91 Å². The van der Waals surface area contributed by atoms with Crippen molar-refractivity contribution in [1.29, 1.82) is 0 Å². The van der Waals surface area contributed by atoms with Gasteiger partial charge in [-0.3, -0.25) is 4.79 Å². The molecule has 18 heavy (non-hydrogen) atoms. The van der Waals surface area contributed by atoms with E-state index in [9.17, 15) is 4.79 Å². The normalized spacial score (nSPS) is 15.8. The van der Waals surface area contributed by atoms with E-state index in [0.29, 0.717) is 24.7 Å². The predicted molar refractivity (Wildman–Crippen MR) is 74.1 cm³/mol. The van der Waals surface area contributed by atoms with Crippen LogP contribution >= 0.6 is 11.6 Å². The first kappa shape index (κ1) is 13.3. The second-order valence-electron chi connectivity index (χ2n) is 4.73. The molecule has 0 fully saturated rings. The molecule has 0 spiro atoms. The average Bonchev–Trinajstić information content (AvgIpc) is 2.45. The van der Waals surface area contributed by atoms with Crippen LogP contribution in [-0.2, 0) is 11.3 Å². The summed E-state index contributed by atoms with van der Waals surface area (Å²) in [5, 5.41) is 3.81. The van der Waals surface area contributed by atoms with Crippen LogP contribution in [0.5, 0.6) is 0 Å². The number of hydrogen-bond donors (Lipinski definition) is 1. The molecule has 98 valence electrons. The van der Waals surface area contributed by atoms with Crippen LogP contribution in [0.25, 0.3) is 0 Å². The van der Waals surface area contributed by atoms with Crippen LogP contribution in [0.4, 0.5) is 5.69 Å². The summed E-state index contributed by atoms with van der Waals surface area (Å²) in [5.41, 5.74) is 2.04. The maximum absolute atomic E-state index is 12.1. The number of benzene rings is 1. The Kier molecular flexibility index (Phi) is 4.22. The van der Waals surface area contributed by atoms with E-state index in [2.05, 4.69) is 10.2 Å². The van der Waals surface area contributed by atoms with Gasteiger partial charge in [-0.05, 0) is 31.8 Å². The monoisotopic (exact) mass is 267 g/mol. The second-order valence-corrected chi connectivity index (χ2v) is 5.16. The zero-order valence-electron chi connectivity index (χ0n) is 10.7. The summed E-state index contributed by atoms with van der Waals surface area (Å²) in [6, 6.07) is 5.71. The Balaban J connectivity index is 2.30. The third kappa shape index (κ3) is 3.02. The maximum Gasteiger partial charge on any atom is 0.240 e. The van der Waals surface area contributed by atoms with Crippen molar-refractivity contribution in [3.8, 4) is 0 Å². The molecule has 1 N–H and O–H groups in total. The van der Waals surface area contributed by atoms with Gasteiger partial charge in [-0.2, -0.15) is 0 Å². The standard InChI is InChI=1S/C13H18ClN3O/c1-16(2)5-6-17-12-7-11(14)4-3-10(12)8-15-9-13(17)18/h3-4,7,15H,5-6,8-9H2,1-2H3. The summed E-state index contributed by atoms with van der Waals surface area (Å²) in [6.45, 7) is 2.59. The first-order chi connectivity index (χ1) is 8.58.